The zero-order valence-electron chi connectivity index (χ0n) is 36.6. The van der Waals surface area contributed by atoms with Gasteiger partial charge in [0.25, 0.3) is 0 Å². The first-order chi connectivity index (χ1) is 30.6. The Hall–Kier alpha value is -5.75. The van der Waals surface area contributed by atoms with E-state index in [0.29, 0.717) is 79.1 Å². The van der Waals surface area contributed by atoms with Crippen LogP contribution >= 0.6 is 11.3 Å². The second kappa shape index (κ2) is 18.8. The number of hydrogen-bond donors (Lipinski definition) is 3. The summed E-state index contributed by atoms with van der Waals surface area (Å²) < 4.78 is 45.4. The number of halogens is 1. The van der Waals surface area contributed by atoms with Crippen molar-refractivity contribution < 1.29 is 27.2 Å². The van der Waals surface area contributed by atoms with Crippen molar-refractivity contribution in [2.45, 2.75) is 90.5 Å². The number of piperidine rings is 2. The van der Waals surface area contributed by atoms with Gasteiger partial charge in [0.2, 0.25) is 33.7 Å². The summed E-state index contributed by atoms with van der Waals surface area (Å²) in [5.74, 6) is -0.392. The van der Waals surface area contributed by atoms with Gasteiger partial charge in [-0.15, -0.1) is 11.3 Å². The van der Waals surface area contributed by atoms with Crippen molar-refractivity contribution in [3.8, 4) is 21.8 Å². The lowest BCUT2D eigenvalue weighted by atomic mass is 9.90. The van der Waals surface area contributed by atoms with Gasteiger partial charge in [-0.3, -0.25) is 29.1 Å². The van der Waals surface area contributed by atoms with Crippen LogP contribution < -0.4 is 20.3 Å². The minimum Gasteiger partial charge on any atom is -0.371 e. The molecule has 3 fully saturated rings. The van der Waals surface area contributed by atoms with E-state index in [0.717, 1.165) is 48.6 Å². The summed E-state index contributed by atoms with van der Waals surface area (Å²) in [6.45, 7) is 11.7. The summed E-state index contributed by atoms with van der Waals surface area (Å²) in [6.07, 6.45) is 9.81. The summed E-state index contributed by atoms with van der Waals surface area (Å²) in [5.41, 5.74) is 3.30. The number of benzene rings is 2. The van der Waals surface area contributed by atoms with Gasteiger partial charge in [-0.05, 0) is 79.8 Å². The summed E-state index contributed by atoms with van der Waals surface area (Å²) in [6, 6.07) is 14.4. The average molecular weight is 911 g/mol. The number of carbonyl (C=O) groups is 3. The van der Waals surface area contributed by atoms with E-state index in [1.807, 2.05) is 60.8 Å². The number of hydrogen-bond acceptors (Lipinski definition) is 12. The molecule has 3 amide bonds. The molecule has 3 N–H and O–H groups in total. The molecule has 0 spiro atoms. The molecule has 0 unspecified atom stereocenters. The van der Waals surface area contributed by atoms with E-state index in [1.54, 1.807) is 37.5 Å². The third-order valence-electron chi connectivity index (χ3n) is 12.1. The highest BCUT2D eigenvalue weighted by atomic mass is 32.2. The Morgan fingerprint density at radius 2 is 1.75 bits per heavy atom. The minimum absolute atomic E-state index is 0.122. The van der Waals surface area contributed by atoms with Crippen molar-refractivity contribution in [3.63, 3.8) is 0 Å². The number of sulfonamides is 1. The Balaban J connectivity index is 0.846. The van der Waals surface area contributed by atoms with Crippen LogP contribution in [0.5, 0.6) is 0 Å². The first-order valence-electron chi connectivity index (χ1n) is 22.0. The molecule has 6 heterocycles. The number of thiazole rings is 1. The number of anilines is 4. The van der Waals surface area contributed by atoms with Crippen molar-refractivity contribution in [3.05, 3.63) is 83.5 Å². The zero-order chi connectivity index (χ0) is 45.2. The SMILES string of the molecule is CCCS(=O)(=O)Nc1cccc(-c2nc(C(C)(C)C)sc2-c2ccnc(Nc3cnn(CC4CCN(C(=O)C[C@@H]5CCN(c6ccc([C@@H]7CCC(=O)NC7=O)cc6)C5)CC4)c3)n2)c1F. The maximum absolute atomic E-state index is 16.1. The molecule has 3 aliphatic heterocycles. The van der Waals surface area contributed by atoms with E-state index >= 15 is 4.39 Å². The first-order valence-corrected chi connectivity index (χ1v) is 24.5. The van der Waals surface area contributed by atoms with Gasteiger partial charge in [-0.25, -0.2) is 27.8 Å². The van der Waals surface area contributed by atoms with E-state index in [1.165, 1.54) is 17.4 Å². The van der Waals surface area contributed by atoms with Crippen LogP contribution in [0.1, 0.15) is 89.1 Å². The Morgan fingerprint density at radius 1 is 0.984 bits per heavy atom. The number of carbonyl (C=O) groups excluding carboxylic acids is 3. The third kappa shape index (κ3) is 10.4. The molecule has 3 aliphatic rings. The highest BCUT2D eigenvalue weighted by Gasteiger charge is 2.31. The van der Waals surface area contributed by atoms with Crippen LogP contribution in [0.2, 0.25) is 0 Å². The van der Waals surface area contributed by atoms with Gasteiger partial charge in [0.1, 0.15) is 0 Å². The van der Waals surface area contributed by atoms with Crippen LogP contribution in [0.15, 0.2) is 67.1 Å². The molecule has 8 rings (SSSR count). The van der Waals surface area contributed by atoms with Gasteiger partial charge in [-0.1, -0.05) is 45.9 Å². The lowest BCUT2D eigenvalue weighted by molar-refractivity contribution is -0.135. The predicted molar refractivity (Wildman–Crippen MR) is 246 cm³/mol. The molecule has 2 aromatic carbocycles. The topological polar surface area (TPSA) is 184 Å². The molecule has 0 bridgehead atoms. The fourth-order valence-electron chi connectivity index (χ4n) is 8.65. The smallest absolute Gasteiger partial charge is 0.234 e. The second-order valence-corrected chi connectivity index (χ2v) is 20.9. The van der Waals surface area contributed by atoms with Gasteiger partial charge in [-0.2, -0.15) is 5.10 Å². The number of aromatic nitrogens is 5. The Kier molecular flexibility index (Phi) is 13.1. The molecule has 2 atom stereocenters. The van der Waals surface area contributed by atoms with Gasteiger partial charge < -0.3 is 15.1 Å². The molecule has 0 radical (unpaired) electrons. The quantitative estimate of drug-likeness (QED) is 0.0940. The molecule has 0 saturated carbocycles. The molecule has 0 aliphatic carbocycles. The number of rotatable bonds is 14. The van der Waals surface area contributed by atoms with Crippen molar-refractivity contribution in [1.29, 1.82) is 0 Å². The van der Waals surface area contributed by atoms with Crippen LogP contribution in [-0.2, 0) is 36.4 Å². The number of amides is 3. The van der Waals surface area contributed by atoms with Crippen LogP contribution in [-0.4, -0.2) is 87.7 Å². The zero-order valence-corrected chi connectivity index (χ0v) is 38.3. The molecule has 18 heteroatoms. The maximum atomic E-state index is 16.1. The first kappa shape index (κ1) is 44.8. The number of nitrogens with one attached hydrogen (secondary N) is 3. The molecule has 3 aromatic heterocycles. The summed E-state index contributed by atoms with van der Waals surface area (Å²) >= 11 is 1.41. The van der Waals surface area contributed by atoms with Crippen molar-refractivity contribution >= 4 is 62.1 Å². The highest BCUT2D eigenvalue weighted by Crippen LogP contribution is 2.42. The van der Waals surface area contributed by atoms with E-state index < -0.39 is 15.8 Å². The van der Waals surface area contributed by atoms with E-state index in [-0.39, 0.29) is 52.0 Å². The fourth-order valence-corrected chi connectivity index (χ4v) is 10.9. The fraction of sp³-hybridized carbons (Fsp3) is 0.457. The largest absolute Gasteiger partial charge is 0.371 e. The molecule has 3 saturated heterocycles. The Bertz CT molecular complexity index is 2620. The number of likely N-dealkylation sites (tertiary alicyclic amines) is 1. The van der Waals surface area contributed by atoms with Crippen LogP contribution in [0, 0.1) is 17.7 Å². The van der Waals surface area contributed by atoms with Gasteiger partial charge in [0.05, 0.1) is 50.5 Å². The normalized spacial score (nSPS) is 18.6. The third-order valence-corrected chi connectivity index (χ3v) is 15.1. The second-order valence-electron chi connectivity index (χ2n) is 18.1. The standard InChI is InChI=1S/C46H55FN10O5S2/c1-5-23-64(61,62)54-36-8-6-7-35(40(36)47)41-42(63-44(53-41)46(2,3)4)37-15-19-48-45(51-37)50-32-25-49-57(28-32)27-29-16-20-55(21-17-29)39(59)24-30-18-22-56(26-30)33-11-9-31(10-12-33)34-13-14-38(58)52-43(34)60/h6-12,15,19,25,28-30,34,54H,5,13-14,16-18,20-24,26-27H2,1-4H3,(H,48,50,51)(H,52,58,60)/t30-,34-/m0/s1. The predicted octanol–water partition coefficient (Wildman–Crippen LogP) is 7.47. The van der Waals surface area contributed by atoms with Crippen LogP contribution in [0.3, 0.4) is 0 Å². The molecule has 15 nitrogen and oxygen atoms in total. The lowest BCUT2D eigenvalue weighted by Crippen LogP contribution is -2.40. The molecule has 338 valence electrons. The van der Waals surface area contributed by atoms with E-state index in [4.69, 9.17) is 9.97 Å². The molecule has 64 heavy (non-hydrogen) atoms. The maximum Gasteiger partial charge on any atom is 0.234 e. The molecular weight excluding hydrogens is 856 g/mol. The lowest BCUT2D eigenvalue weighted by Gasteiger charge is -2.32. The van der Waals surface area contributed by atoms with Crippen molar-refractivity contribution in [2.75, 3.05) is 46.9 Å². The average Bonchev–Trinajstić information content (AvgIpc) is 4.03. The van der Waals surface area contributed by atoms with Crippen LogP contribution in [0.25, 0.3) is 21.8 Å². The minimum atomic E-state index is -3.72. The van der Waals surface area contributed by atoms with Crippen LogP contribution in [0.4, 0.5) is 27.4 Å². The van der Waals surface area contributed by atoms with Gasteiger partial charge >= 0.3 is 0 Å². The van der Waals surface area contributed by atoms with E-state index in [2.05, 4.69) is 30.3 Å². The van der Waals surface area contributed by atoms with E-state index in [9.17, 15) is 22.8 Å². The molecular formula is C46H55FN10O5S2. The molecule has 5 aromatic rings. The van der Waals surface area contributed by atoms with Crippen molar-refractivity contribution in [1.82, 2.24) is 34.9 Å². The Morgan fingerprint density at radius 3 is 2.48 bits per heavy atom. The number of nitrogens with zero attached hydrogens (tertiary/aromatic N) is 7. The monoisotopic (exact) mass is 910 g/mol. The van der Waals surface area contributed by atoms with Gasteiger partial charge in [0, 0.05) is 74.6 Å². The Labute approximate surface area is 377 Å². The summed E-state index contributed by atoms with van der Waals surface area (Å²) in [4.78, 5) is 56.4. The summed E-state index contributed by atoms with van der Waals surface area (Å²) in [7, 11) is -3.72. The van der Waals surface area contributed by atoms with Gasteiger partial charge in [0.15, 0.2) is 5.82 Å². The highest BCUT2D eigenvalue weighted by molar-refractivity contribution is 7.92. The summed E-state index contributed by atoms with van der Waals surface area (Å²) in [5, 5.41) is 11.1. The number of imide groups is 1. The van der Waals surface area contributed by atoms with Crippen molar-refractivity contribution in [2.24, 2.45) is 11.8 Å².